The Morgan fingerprint density at radius 1 is 1.20 bits per heavy atom. The van der Waals surface area contributed by atoms with Gasteiger partial charge in [0, 0.05) is 18.7 Å². The van der Waals surface area contributed by atoms with E-state index in [1.54, 1.807) is 0 Å². The first-order valence-corrected chi connectivity index (χ1v) is 10.8. The topological polar surface area (TPSA) is 81.2 Å². The average Bonchev–Trinajstić information content (AvgIpc) is 3.22. The van der Waals surface area contributed by atoms with Crippen molar-refractivity contribution in [3.63, 3.8) is 0 Å². The number of imidazole rings is 1. The van der Waals surface area contributed by atoms with Crippen LogP contribution in [-0.4, -0.2) is 45.6 Å². The smallest absolute Gasteiger partial charge is 0.251 e. The van der Waals surface area contributed by atoms with Gasteiger partial charge in [-0.25, -0.2) is 4.98 Å². The molecule has 3 N–H and O–H groups in total. The van der Waals surface area contributed by atoms with Crippen LogP contribution in [0.5, 0.6) is 0 Å². The second-order valence-electron chi connectivity index (χ2n) is 8.17. The molecule has 1 amide bonds. The zero-order valence-corrected chi connectivity index (χ0v) is 17.5. The molecule has 0 spiro atoms. The van der Waals surface area contributed by atoms with E-state index in [2.05, 4.69) is 20.2 Å². The molecule has 4 rings (SSSR count). The first kappa shape index (κ1) is 20.6. The van der Waals surface area contributed by atoms with Gasteiger partial charge in [0.25, 0.3) is 5.91 Å². The van der Waals surface area contributed by atoms with Crippen LogP contribution in [0, 0.1) is 5.92 Å². The maximum Gasteiger partial charge on any atom is 0.251 e. The molecule has 2 heterocycles. The molecule has 1 atom stereocenters. The number of hydrogen-bond acceptors (Lipinski definition) is 4. The molecule has 0 aliphatic carbocycles. The SMILES string of the molecule is CCC(NC(=O)c1ccc(CN2CCC(CO)CC2)cc1)c1nc2ccccc2[nH]1. The predicted molar refractivity (Wildman–Crippen MR) is 118 cm³/mol. The van der Waals surface area contributed by atoms with Gasteiger partial charge < -0.3 is 15.4 Å². The van der Waals surface area contributed by atoms with Gasteiger partial charge in [0.1, 0.15) is 5.82 Å². The highest BCUT2D eigenvalue weighted by molar-refractivity contribution is 5.94. The van der Waals surface area contributed by atoms with E-state index in [1.165, 1.54) is 5.56 Å². The number of aromatic nitrogens is 2. The predicted octanol–water partition coefficient (Wildman–Crippen LogP) is 3.65. The monoisotopic (exact) mass is 406 g/mol. The molecule has 2 aromatic carbocycles. The fourth-order valence-electron chi connectivity index (χ4n) is 4.09. The number of likely N-dealkylation sites (tertiary alicyclic amines) is 1. The highest BCUT2D eigenvalue weighted by atomic mass is 16.3. The number of aliphatic hydroxyl groups is 1. The maximum atomic E-state index is 12.8. The van der Waals surface area contributed by atoms with Crippen LogP contribution in [-0.2, 0) is 6.54 Å². The summed E-state index contributed by atoms with van der Waals surface area (Å²) in [4.78, 5) is 23.1. The minimum atomic E-state index is -0.155. The molecule has 3 aromatic rings. The number of carbonyl (C=O) groups excluding carboxylic acids is 1. The Balaban J connectivity index is 1.37. The molecular formula is C24H30N4O2. The Bertz CT molecular complexity index is 941. The number of amides is 1. The van der Waals surface area contributed by atoms with Crippen LogP contribution >= 0.6 is 0 Å². The fourth-order valence-corrected chi connectivity index (χ4v) is 4.09. The van der Waals surface area contributed by atoms with Crippen LogP contribution in [0.1, 0.15) is 54.0 Å². The lowest BCUT2D eigenvalue weighted by molar-refractivity contribution is 0.0934. The second-order valence-corrected chi connectivity index (χ2v) is 8.17. The van der Waals surface area contributed by atoms with Crippen molar-refractivity contribution in [1.29, 1.82) is 0 Å². The molecule has 1 unspecified atom stereocenters. The first-order chi connectivity index (χ1) is 14.7. The van der Waals surface area contributed by atoms with E-state index in [0.717, 1.165) is 55.8 Å². The van der Waals surface area contributed by atoms with Crippen LogP contribution in [0.4, 0.5) is 0 Å². The third kappa shape index (κ3) is 4.71. The number of para-hydroxylation sites is 2. The number of nitrogens with one attached hydrogen (secondary N) is 2. The van der Waals surface area contributed by atoms with Crippen molar-refractivity contribution in [3.05, 3.63) is 65.5 Å². The molecule has 1 aliphatic heterocycles. The van der Waals surface area contributed by atoms with Gasteiger partial charge in [0.05, 0.1) is 17.1 Å². The maximum absolute atomic E-state index is 12.8. The van der Waals surface area contributed by atoms with Crippen molar-refractivity contribution >= 4 is 16.9 Å². The largest absolute Gasteiger partial charge is 0.396 e. The summed E-state index contributed by atoms with van der Waals surface area (Å²) in [5.41, 5.74) is 3.76. The van der Waals surface area contributed by atoms with E-state index in [4.69, 9.17) is 0 Å². The third-order valence-corrected chi connectivity index (χ3v) is 6.04. The Morgan fingerprint density at radius 2 is 1.93 bits per heavy atom. The van der Waals surface area contributed by atoms with E-state index in [-0.39, 0.29) is 11.9 Å². The molecule has 30 heavy (non-hydrogen) atoms. The Hall–Kier alpha value is -2.70. The second kappa shape index (κ2) is 9.41. The van der Waals surface area contributed by atoms with Crippen molar-refractivity contribution in [2.75, 3.05) is 19.7 Å². The van der Waals surface area contributed by atoms with Crippen molar-refractivity contribution in [3.8, 4) is 0 Å². The number of hydrogen-bond donors (Lipinski definition) is 3. The van der Waals surface area contributed by atoms with E-state index >= 15 is 0 Å². The summed E-state index contributed by atoms with van der Waals surface area (Å²) < 4.78 is 0. The zero-order valence-electron chi connectivity index (χ0n) is 17.5. The van der Waals surface area contributed by atoms with Crippen LogP contribution in [0.25, 0.3) is 11.0 Å². The number of aliphatic hydroxyl groups excluding tert-OH is 1. The summed E-state index contributed by atoms with van der Waals surface area (Å²) >= 11 is 0. The van der Waals surface area contributed by atoms with E-state index in [9.17, 15) is 9.90 Å². The normalized spacial score (nSPS) is 16.6. The molecule has 1 aromatic heterocycles. The van der Waals surface area contributed by atoms with E-state index < -0.39 is 0 Å². The quantitative estimate of drug-likeness (QED) is 0.559. The molecule has 1 fully saturated rings. The number of carbonyl (C=O) groups is 1. The number of benzene rings is 2. The Kier molecular flexibility index (Phi) is 6.45. The molecule has 1 saturated heterocycles. The number of fused-ring (bicyclic) bond motifs is 1. The van der Waals surface area contributed by atoms with Gasteiger partial charge in [-0.1, -0.05) is 31.2 Å². The molecule has 0 bridgehead atoms. The standard InChI is InChI=1S/C24H30N4O2/c1-2-20(23-25-21-5-3-4-6-22(21)26-23)27-24(30)19-9-7-17(8-10-19)15-28-13-11-18(16-29)12-14-28/h3-10,18,20,29H,2,11-16H2,1H3,(H,25,26)(H,27,30). The minimum Gasteiger partial charge on any atom is -0.396 e. The highest BCUT2D eigenvalue weighted by Crippen LogP contribution is 2.20. The Labute approximate surface area is 177 Å². The number of H-pyrrole nitrogens is 1. The van der Waals surface area contributed by atoms with Crippen molar-refractivity contribution in [2.45, 2.75) is 38.8 Å². The van der Waals surface area contributed by atoms with Gasteiger partial charge >= 0.3 is 0 Å². The summed E-state index contributed by atoms with van der Waals surface area (Å²) in [6.45, 7) is 5.26. The molecule has 6 nitrogen and oxygen atoms in total. The average molecular weight is 407 g/mol. The van der Waals surface area contributed by atoms with Gasteiger partial charge in [-0.2, -0.15) is 0 Å². The molecule has 0 saturated carbocycles. The summed E-state index contributed by atoms with van der Waals surface area (Å²) in [7, 11) is 0. The van der Waals surface area contributed by atoms with Gasteiger partial charge in [0.15, 0.2) is 0 Å². The summed E-state index contributed by atoms with van der Waals surface area (Å²) in [6, 6.07) is 15.6. The summed E-state index contributed by atoms with van der Waals surface area (Å²) in [5, 5.41) is 12.4. The summed E-state index contributed by atoms with van der Waals surface area (Å²) in [5.74, 6) is 1.15. The van der Waals surface area contributed by atoms with Crippen molar-refractivity contribution < 1.29 is 9.90 Å². The van der Waals surface area contributed by atoms with E-state index in [1.807, 2.05) is 55.5 Å². The van der Waals surface area contributed by atoms with Gasteiger partial charge in [-0.3, -0.25) is 9.69 Å². The fraction of sp³-hybridized carbons (Fsp3) is 0.417. The number of nitrogens with zero attached hydrogens (tertiary/aromatic N) is 2. The lowest BCUT2D eigenvalue weighted by Gasteiger charge is -2.31. The van der Waals surface area contributed by atoms with E-state index in [0.29, 0.717) is 18.1 Å². The molecule has 0 radical (unpaired) electrons. The highest BCUT2D eigenvalue weighted by Gasteiger charge is 2.19. The molecule has 158 valence electrons. The first-order valence-electron chi connectivity index (χ1n) is 10.8. The lowest BCUT2D eigenvalue weighted by atomic mass is 9.97. The molecule has 6 heteroatoms. The van der Waals surface area contributed by atoms with Gasteiger partial charge in [0.2, 0.25) is 0 Å². The van der Waals surface area contributed by atoms with Crippen LogP contribution in [0.2, 0.25) is 0 Å². The number of rotatable bonds is 7. The minimum absolute atomic E-state index is 0.0855. The summed E-state index contributed by atoms with van der Waals surface area (Å²) in [6.07, 6.45) is 2.86. The third-order valence-electron chi connectivity index (χ3n) is 6.04. The number of piperidine rings is 1. The van der Waals surface area contributed by atoms with Crippen LogP contribution < -0.4 is 5.32 Å². The van der Waals surface area contributed by atoms with Crippen LogP contribution in [0.15, 0.2) is 48.5 Å². The van der Waals surface area contributed by atoms with Crippen molar-refractivity contribution in [1.82, 2.24) is 20.2 Å². The lowest BCUT2D eigenvalue weighted by Crippen LogP contribution is -2.34. The van der Waals surface area contributed by atoms with Gasteiger partial charge in [-0.05, 0) is 68.1 Å². The Morgan fingerprint density at radius 3 is 2.60 bits per heavy atom. The molecule has 1 aliphatic rings. The van der Waals surface area contributed by atoms with Crippen molar-refractivity contribution in [2.24, 2.45) is 5.92 Å². The number of aromatic amines is 1. The zero-order chi connectivity index (χ0) is 20.9. The molecular weight excluding hydrogens is 376 g/mol. The van der Waals surface area contributed by atoms with Gasteiger partial charge in [-0.15, -0.1) is 0 Å². The van der Waals surface area contributed by atoms with Crippen LogP contribution in [0.3, 0.4) is 0 Å².